The van der Waals surface area contributed by atoms with Crippen LogP contribution in [-0.2, 0) is 22.7 Å². The van der Waals surface area contributed by atoms with Crippen LogP contribution in [0, 0.1) is 6.92 Å². The molecular weight excluding hydrogens is 412 g/mol. The van der Waals surface area contributed by atoms with Gasteiger partial charge in [0, 0.05) is 42.0 Å². The molecular formula is C19H23BrN4O3. The molecule has 8 heteroatoms. The van der Waals surface area contributed by atoms with Gasteiger partial charge in [-0.2, -0.15) is 5.10 Å². The number of methoxy groups -OCH3 is 1. The first-order valence-corrected chi connectivity index (χ1v) is 9.71. The van der Waals surface area contributed by atoms with Crippen molar-refractivity contribution in [1.82, 2.24) is 15.1 Å². The molecule has 2 heterocycles. The minimum atomic E-state index is -0.0498. The lowest BCUT2D eigenvalue weighted by Crippen LogP contribution is -2.38. The van der Waals surface area contributed by atoms with Crippen LogP contribution in [0.3, 0.4) is 0 Å². The smallest absolute Gasteiger partial charge is 0.229 e. The highest BCUT2D eigenvalue weighted by molar-refractivity contribution is 9.10. The second-order valence-corrected chi connectivity index (χ2v) is 7.41. The number of halogens is 1. The lowest BCUT2D eigenvalue weighted by atomic mass is 10.2. The lowest BCUT2D eigenvalue weighted by molar-refractivity contribution is -0.122. The van der Waals surface area contributed by atoms with Gasteiger partial charge < -0.3 is 10.1 Å². The summed E-state index contributed by atoms with van der Waals surface area (Å²) in [6.07, 6.45) is 1.40. The number of benzene rings is 1. The normalized spacial score (nSPS) is 13.4. The van der Waals surface area contributed by atoms with Crippen molar-refractivity contribution in [3.05, 3.63) is 40.0 Å². The van der Waals surface area contributed by atoms with E-state index < -0.39 is 0 Å². The predicted octanol–water partition coefficient (Wildman–Crippen LogP) is 2.80. The molecule has 1 aromatic carbocycles. The maximum Gasteiger partial charge on any atom is 0.229 e. The average molecular weight is 435 g/mol. The number of fused-ring (bicyclic) bond motifs is 1. The molecule has 0 unspecified atom stereocenters. The summed E-state index contributed by atoms with van der Waals surface area (Å²) in [6.45, 7) is 3.44. The van der Waals surface area contributed by atoms with E-state index in [9.17, 15) is 9.59 Å². The van der Waals surface area contributed by atoms with Crippen LogP contribution >= 0.6 is 15.9 Å². The van der Waals surface area contributed by atoms with Crippen molar-refractivity contribution in [3.63, 3.8) is 0 Å². The van der Waals surface area contributed by atoms with Crippen LogP contribution in [0.4, 0.5) is 5.82 Å². The van der Waals surface area contributed by atoms with Gasteiger partial charge in [-0.05, 0) is 31.5 Å². The zero-order valence-electron chi connectivity index (χ0n) is 15.5. The first-order valence-electron chi connectivity index (χ1n) is 8.92. The summed E-state index contributed by atoms with van der Waals surface area (Å²) in [6, 6.07) is 7.59. The summed E-state index contributed by atoms with van der Waals surface area (Å²) in [5, 5.41) is 7.31. The fourth-order valence-corrected chi connectivity index (χ4v) is 3.59. The van der Waals surface area contributed by atoms with Crippen molar-refractivity contribution in [2.45, 2.75) is 39.3 Å². The molecule has 0 spiro atoms. The predicted molar refractivity (Wildman–Crippen MR) is 106 cm³/mol. The van der Waals surface area contributed by atoms with Crippen LogP contribution in [0.15, 0.2) is 28.7 Å². The Morgan fingerprint density at radius 3 is 2.96 bits per heavy atom. The zero-order valence-corrected chi connectivity index (χ0v) is 17.1. The van der Waals surface area contributed by atoms with Gasteiger partial charge in [-0.15, -0.1) is 0 Å². The molecule has 7 nitrogen and oxygen atoms in total. The second kappa shape index (κ2) is 8.56. The molecule has 0 radical (unpaired) electrons. The molecule has 0 saturated carbocycles. The summed E-state index contributed by atoms with van der Waals surface area (Å²) in [5.41, 5.74) is 1.80. The number of hydrogen-bond donors (Lipinski definition) is 1. The molecule has 2 aromatic rings. The standard InChI is InChI=1S/C19H23BrN4O3/c1-13-10-18-23(19(26)7-9-24(18)22-13)8-3-4-17(25)21-12-14-11-15(20)5-6-16(14)27-2/h5-6,10-11H,3-4,7-9,12H2,1-2H3,(H,21,25). The van der Waals surface area contributed by atoms with E-state index in [2.05, 4.69) is 26.3 Å². The van der Waals surface area contributed by atoms with Gasteiger partial charge in [0.25, 0.3) is 0 Å². The molecule has 0 atom stereocenters. The highest BCUT2D eigenvalue weighted by atomic mass is 79.9. The highest BCUT2D eigenvalue weighted by Gasteiger charge is 2.25. The van der Waals surface area contributed by atoms with Crippen LogP contribution in [0.1, 0.15) is 30.5 Å². The molecule has 0 saturated heterocycles. The molecule has 27 heavy (non-hydrogen) atoms. The first-order chi connectivity index (χ1) is 13.0. The number of carbonyl (C=O) groups excluding carboxylic acids is 2. The quantitative estimate of drug-likeness (QED) is 0.726. The topological polar surface area (TPSA) is 76.5 Å². The molecule has 1 N–H and O–H groups in total. The number of aryl methyl sites for hydroxylation is 2. The largest absolute Gasteiger partial charge is 0.496 e. The minimum absolute atomic E-state index is 0.0498. The number of amides is 2. The fraction of sp³-hybridized carbons (Fsp3) is 0.421. The van der Waals surface area contributed by atoms with E-state index in [1.807, 2.05) is 35.9 Å². The van der Waals surface area contributed by atoms with Crippen molar-refractivity contribution in [2.75, 3.05) is 18.6 Å². The maximum absolute atomic E-state index is 12.2. The number of nitrogens with zero attached hydrogens (tertiary/aromatic N) is 3. The zero-order chi connectivity index (χ0) is 19.4. The Bertz CT molecular complexity index is 849. The number of rotatable bonds is 7. The maximum atomic E-state index is 12.2. The van der Waals surface area contributed by atoms with Crippen molar-refractivity contribution in [3.8, 4) is 5.75 Å². The molecule has 1 aliphatic rings. The number of carbonyl (C=O) groups is 2. The minimum Gasteiger partial charge on any atom is -0.496 e. The third kappa shape index (κ3) is 4.68. The van der Waals surface area contributed by atoms with E-state index in [4.69, 9.17) is 4.74 Å². The molecule has 144 valence electrons. The van der Waals surface area contributed by atoms with Crippen LogP contribution < -0.4 is 15.0 Å². The number of ether oxygens (including phenoxy) is 1. The number of nitrogens with one attached hydrogen (secondary N) is 1. The molecule has 3 rings (SSSR count). The summed E-state index contributed by atoms with van der Waals surface area (Å²) in [4.78, 5) is 26.1. The van der Waals surface area contributed by atoms with Crippen LogP contribution in [0.5, 0.6) is 5.75 Å². The van der Waals surface area contributed by atoms with E-state index in [0.29, 0.717) is 38.9 Å². The van der Waals surface area contributed by atoms with Gasteiger partial charge in [0.2, 0.25) is 11.8 Å². The summed E-state index contributed by atoms with van der Waals surface area (Å²) >= 11 is 3.43. The van der Waals surface area contributed by atoms with Gasteiger partial charge in [0.05, 0.1) is 19.3 Å². The SMILES string of the molecule is COc1ccc(Br)cc1CNC(=O)CCCN1C(=O)CCn2nc(C)cc21. The van der Waals surface area contributed by atoms with Gasteiger partial charge in [-0.3, -0.25) is 14.5 Å². The Kier molecular flexibility index (Phi) is 6.15. The molecule has 1 aliphatic heterocycles. The van der Waals surface area contributed by atoms with Crippen molar-refractivity contribution < 1.29 is 14.3 Å². The third-order valence-corrected chi connectivity index (χ3v) is 4.99. The Balaban J connectivity index is 1.50. The third-order valence-electron chi connectivity index (χ3n) is 4.50. The van der Waals surface area contributed by atoms with Gasteiger partial charge in [-0.1, -0.05) is 15.9 Å². The Labute approximate surface area is 166 Å². The lowest BCUT2D eigenvalue weighted by Gasteiger charge is -2.27. The van der Waals surface area contributed by atoms with Crippen LogP contribution in [0.2, 0.25) is 0 Å². The van der Waals surface area contributed by atoms with E-state index in [0.717, 1.165) is 27.3 Å². The highest BCUT2D eigenvalue weighted by Crippen LogP contribution is 2.24. The Hall–Kier alpha value is -2.35. The fourth-order valence-electron chi connectivity index (χ4n) is 3.18. The summed E-state index contributed by atoms with van der Waals surface area (Å²) in [5.74, 6) is 1.59. The molecule has 1 aromatic heterocycles. The van der Waals surface area contributed by atoms with E-state index in [1.54, 1.807) is 12.0 Å². The average Bonchev–Trinajstić information content (AvgIpc) is 3.02. The molecule has 2 amide bonds. The van der Waals surface area contributed by atoms with Crippen molar-refractivity contribution >= 4 is 33.6 Å². The Morgan fingerprint density at radius 2 is 2.19 bits per heavy atom. The van der Waals surface area contributed by atoms with E-state index >= 15 is 0 Å². The van der Waals surface area contributed by atoms with Gasteiger partial charge in [0.1, 0.15) is 11.6 Å². The van der Waals surface area contributed by atoms with Crippen LogP contribution in [-0.4, -0.2) is 35.2 Å². The first kappa shape index (κ1) is 19.4. The number of hydrogen-bond acceptors (Lipinski definition) is 4. The van der Waals surface area contributed by atoms with Gasteiger partial charge >= 0.3 is 0 Å². The summed E-state index contributed by atoms with van der Waals surface area (Å²) in [7, 11) is 1.61. The second-order valence-electron chi connectivity index (χ2n) is 6.50. The monoisotopic (exact) mass is 434 g/mol. The summed E-state index contributed by atoms with van der Waals surface area (Å²) < 4.78 is 8.11. The molecule has 0 fully saturated rings. The van der Waals surface area contributed by atoms with Crippen molar-refractivity contribution in [2.24, 2.45) is 0 Å². The van der Waals surface area contributed by atoms with Crippen LogP contribution in [0.25, 0.3) is 0 Å². The van der Waals surface area contributed by atoms with E-state index in [-0.39, 0.29) is 11.8 Å². The molecule has 0 bridgehead atoms. The van der Waals surface area contributed by atoms with E-state index in [1.165, 1.54) is 0 Å². The van der Waals surface area contributed by atoms with Gasteiger partial charge in [0.15, 0.2) is 0 Å². The Morgan fingerprint density at radius 1 is 1.37 bits per heavy atom. The van der Waals surface area contributed by atoms with Gasteiger partial charge in [-0.25, -0.2) is 4.68 Å². The number of aromatic nitrogens is 2. The number of anilines is 1. The molecule has 0 aliphatic carbocycles. The van der Waals surface area contributed by atoms with Crippen molar-refractivity contribution in [1.29, 1.82) is 0 Å².